The number of aliphatic hydroxyl groups is 1. The third kappa shape index (κ3) is 7.37. The van der Waals surface area contributed by atoms with Crippen LogP contribution in [0.25, 0.3) is 0 Å². The maximum atomic E-state index is 11.8. The zero-order chi connectivity index (χ0) is 15.5. The van der Waals surface area contributed by atoms with Crippen LogP contribution in [0.5, 0.6) is 0 Å². The molecule has 1 atom stereocenters. The molecule has 114 valence electrons. The fourth-order valence-corrected chi connectivity index (χ4v) is 1.51. The van der Waals surface area contributed by atoms with Crippen LogP contribution in [0.3, 0.4) is 0 Å². The summed E-state index contributed by atoms with van der Waals surface area (Å²) in [7, 11) is 0. The normalized spacial score (nSPS) is 11.4. The molecular formula is C12H20N2O6. The number of nitrogens with zero attached hydrogens (tertiary/aromatic N) is 1. The Balaban J connectivity index is 4.47. The molecule has 0 aromatic carbocycles. The summed E-state index contributed by atoms with van der Waals surface area (Å²) in [5.74, 6) is -2.25. The van der Waals surface area contributed by atoms with Gasteiger partial charge in [0.05, 0.1) is 6.61 Å². The number of urea groups is 1. The number of aliphatic hydroxyl groups excluding tert-OH is 1. The van der Waals surface area contributed by atoms with Crippen molar-refractivity contribution in [2.75, 3.05) is 19.7 Å². The number of carbonyl (C=O) groups excluding carboxylic acids is 1. The molecule has 0 aliphatic heterocycles. The summed E-state index contributed by atoms with van der Waals surface area (Å²) >= 11 is 0. The lowest BCUT2D eigenvalue weighted by Gasteiger charge is -2.23. The molecule has 0 aliphatic rings. The first kappa shape index (κ1) is 17.9. The number of hydrogen-bond acceptors (Lipinski definition) is 4. The van der Waals surface area contributed by atoms with Gasteiger partial charge in [-0.2, -0.15) is 0 Å². The van der Waals surface area contributed by atoms with Crippen molar-refractivity contribution >= 4 is 18.0 Å². The lowest BCUT2D eigenvalue weighted by atomic mass is 10.1. The first-order valence-electron chi connectivity index (χ1n) is 6.14. The fourth-order valence-electron chi connectivity index (χ4n) is 1.51. The summed E-state index contributed by atoms with van der Waals surface area (Å²) in [4.78, 5) is 34.4. The first-order valence-corrected chi connectivity index (χ1v) is 6.14. The lowest BCUT2D eigenvalue weighted by molar-refractivity contribution is -0.140. The minimum Gasteiger partial charge on any atom is -0.481 e. The summed E-state index contributed by atoms with van der Waals surface area (Å²) in [6.45, 7) is 3.44. The quantitative estimate of drug-likeness (QED) is 0.415. The predicted octanol–water partition coefficient (Wildman–Crippen LogP) is -0.116. The lowest BCUT2D eigenvalue weighted by Crippen LogP contribution is -2.48. The van der Waals surface area contributed by atoms with E-state index in [4.69, 9.17) is 15.3 Å². The zero-order valence-corrected chi connectivity index (χ0v) is 11.1. The van der Waals surface area contributed by atoms with Crippen molar-refractivity contribution in [2.24, 2.45) is 0 Å². The van der Waals surface area contributed by atoms with E-state index < -0.39 is 24.0 Å². The SMILES string of the molecule is C=CCN(CCO)C(=O)N[C@H](CCCC(=O)O)C(=O)O. The first-order chi connectivity index (χ1) is 9.42. The molecule has 0 spiro atoms. The van der Waals surface area contributed by atoms with Crippen LogP contribution in [-0.4, -0.2) is 63.9 Å². The molecule has 4 N–H and O–H groups in total. The van der Waals surface area contributed by atoms with E-state index in [1.807, 2.05) is 0 Å². The fraction of sp³-hybridized carbons (Fsp3) is 0.583. The average molecular weight is 288 g/mol. The molecule has 0 heterocycles. The summed E-state index contributed by atoms with van der Waals surface area (Å²) in [6.07, 6.45) is 1.46. The smallest absolute Gasteiger partial charge is 0.326 e. The van der Waals surface area contributed by atoms with E-state index in [0.717, 1.165) is 0 Å². The van der Waals surface area contributed by atoms with Crippen molar-refractivity contribution in [3.05, 3.63) is 12.7 Å². The van der Waals surface area contributed by atoms with Gasteiger partial charge >= 0.3 is 18.0 Å². The van der Waals surface area contributed by atoms with E-state index in [-0.39, 0.29) is 39.0 Å². The van der Waals surface area contributed by atoms with Crippen molar-refractivity contribution in [3.8, 4) is 0 Å². The Kier molecular flexibility index (Phi) is 8.77. The number of aliphatic carboxylic acids is 2. The average Bonchev–Trinajstić information content (AvgIpc) is 2.36. The molecule has 0 unspecified atom stereocenters. The number of carboxylic acids is 2. The highest BCUT2D eigenvalue weighted by molar-refractivity contribution is 5.82. The third-order valence-corrected chi connectivity index (χ3v) is 2.49. The number of carboxylic acid groups (broad SMARTS) is 2. The molecule has 0 aromatic heterocycles. The number of hydrogen-bond donors (Lipinski definition) is 4. The van der Waals surface area contributed by atoms with Crippen LogP contribution in [0.2, 0.25) is 0 Å². The number of amides is 2. The van der Waals surface area contributed by atoms with E-state index in [1.165, 1.54) is 11.0 Å². The largest absolute Gasteiger partial charge is 0.481 e. The standard InChI is InChI=1S/C12H20N2O6/c1-2-6-14(7-8-15)12(20)13-9(11(18)19)4-3-5-10(16)17/h2,9,15H,1,3-8H2,(H,13,20)(H,16,17)(H,18,19)/t9-/m1/s1. The van der Waals surface area contributed by atoms with Crippen LogP contribution in [0.4, 0.5) is 4.79 Å². The topological polar surface area (TPSA) is 127 Å². The molecule has 8 heteroatoms. The van der Waals surface area contributed by atoms with E-state index in [9.17, 15) is 14.4 Å². The number of nitrogens with one attached hydrogen (secondary N) is 1. The van der Waals surface area contributed by atoms with Gasteiger partial charge < -0.3 is 25.5 Å². The maximum absolute atomic E-state index is 11.8. The monoisotopic (exact) mass is 288 g/mol. The van der Waals surface area contributed by atoms with Gasteiger partial charge in [-0.05, 0) is 12.8 Å². The van der Waals surface area contributed by atoms with Gasteiger partial charge in [-0.25, -0.2) is 9.59 Å². The van der Waals surface area contributed by atoms with Crippen LogP contribution >= 0.6 is 0 Å². The molecule has 0 bridgehead atoms. The molecule has 0 fully saturated rings. The molecule has 0 aromatic rings. The van der Waals surface area contributed by atoms with Gasteiger partial charge in [-0.15, -0.1) is 6.58 Å². The van der Waals surface area contributed by atoms with Gasteiger partial charge in [0.25, 0.3) is 0 Å². The molecule has 0 aliphatic carbocycles. The van der Waals surface area contributed by atoms with Crippen LogP contribution < -0.4 is 5.32 Å². The number of rotatable bonds is 10. The molecule has 0 saturated carbocycles. The molecule has 0 saturated heterocycles. The van der Waals surface area contributed by atoms with Gasteiger partial charge in [-0.1, -0.05) is 6.08 Å². The number of carbonyl (C=O) groups is 3. The Hall–Kier alpha value is -2.09. The molecule has 8 nitrogen and oxygen atoms in total. The van der Waals surface area contributed by atoms with Crippen molar-refractivity contribution in [3.63, 3.8) is 0 Å². The van der Waals surface area contributed by atoms with E-state index in [1.54, 1.807) is 0 Å². The maximum Gasteiger partial charge on any atom is 0.326 e. The second-order valence-electron chi connectivity index (χ2n) is 4.08. The van der Waals surface area contributed by atoms with Gasteiger partial charge in [0.1, 0.15) is 6.04 Å². The van der Waals surface area contributed by atoms with Crippen LogP contribution in [0.1, 0.15) is 19.3 Å². The van der Waals surface area contributed by atoms with E-state index >= 15 is 0 Å². The highest BCUT2D eigenvalue weighted by atomic mass is 16.4. The Labute approximate surface area is 116 Å². The molecule has 0 rings (SSSR count). The van der Waals surface area contributed by atoms with Crippen molar-refractivity contribution in [1.82, 2.24) is 10.2 Å². The summed E-state index contributed by atoms with van der Waals surface area (Å²) in [5, 5.41) is 28.6. The summed E-state index contributed by atoms with van der Waals surface area (Å²) < 4.78 is 0. The second-order valence-corrected chi connectivity index (χ2v) is 4.08. The second kappa shape index (κ2) is 9.79. The van der Waals surface area contributed by atoms with Crippen molar-refractivity contribution in [1.29, 1.82) is 0 Å². The highest BCUT2D eigenvalue weighted by Crippen LogP contribution is 2.03. The van der Waals surface area contributed by atoms with E-state index in [2.05, 4.69) is 11.9 Å². The van der Waals surface area contributed by atoms with Crippen molar-refractivity contribution in [2.45, 2.75) is 25.3 Å². The van der Waals surface area contributed by atoms with Crippen LogP contribution in [0, 0.1) is 0 Å². The molecule has 20 heavy (non-hydrogen) atoms. The van der Waals surface area contributed by atoms with Gasteiger partial charge in [-0.3, -0.25) is 4.79 Å². The van der Waals surface area contributed by atoms with Crippen LogP contribution in [0.15, 0.2) is 12.7 Å². The van der Waals surface area contributed by atoms with Gasteiger partial charge in [0.2, 0.25) is 0 Å². The predicted molar refractivity (Wildman–Crippen MR) is 70.3 cm³/mol. The van der Waals surface area contributed by atoms with Crippen molar-refractivity contribution < 1.29 is 29.7 Å². The minimum atomic E-state index is -1.23. The summed E-state index contributed by atoms with van der Waals surface area (Å²) in [5.41, 5.74) is 0. The van der Waals surface area contributed by atoms with Crippen LogP contribution in [-0.2, 0) is 9.59 Å². The highest BCUT2D eigenvalue weighted by Gasteiger charge is 2.22. The summed E-state index contributed by atoms with van der Waals surface area (Å²) in [6, 6.07) is -1.80. The zero-order valence-electron chi connectivity index (χ0n) is 11.1. The minimum absolute atomic E-state index is 0.0222. The Morgan fingerprint density at radius 3 is 2.40 bits per heavy atom. The van der Waals surface area contributed by atoms with Gasteiger partial charge in [0, 0.05) is 19.5 Å². The Morgan fingerprint density at radius 2 is 1.95 bits per heavy atom. The third-order valence-electron chi connectivity index (χ3n) is 2.49. The van der Waals surface area contributed by atoms with Gasteiger partial charge in [0.15, 0.2) is 0 Å². The van der Waals surface area contributed by atoms with E-state index in [0.29, 0.717) is 0 Å². The molecular weight excluding hydrogens is 268 g/mol. The Bertz CT molecular complexity index is 358. The Morgan fingerprint density at radius 1 is 1.30 bits per heavy atom. The molecule has 2 amide bonds. The molecule has 0 radical (unpaired) electrons.